The summed E-state index contributed by atoms with van der Waals surface area (Å²) < 4.78 is 39.1. The predicted molar refractivity (Wildman–Crippen MR) is 200 cm³/mol. The lowest BCUT2D eigenvalue weighted by Gasteiger charge is -2.30. The zero-order valence-electron chi connectivity index (χ0n) is 31.5. The molecule has 0 aliphatic rings. The number of alkyl carbamates (subject to hydrolysis) is 2. The maximum atomic E-state index is 13.1. The minimum atomic E-state index is -1.27. The van der Waals surface area contributed by atoms with Crippen LogP contribution in [-0.2, 0) is 56.8 Å². The number of hydrogen-bond donors (Lipinski definition) is 2. The smallest absolute Gasteiger partial charge is 0.410 e. The van der Waals surface area contributed by atoms with Crippen LogP contribution in [0.25, 0.3) is 0 Å². The molecular formula is C41H50N2O11. The SMILES string of the molecule is C=CC(=O)OCC(COCc1ccccc1)OC(=O)NC(C)(C)Oc1cccc(C(C)(C)NC(=O)OC(COCc2ccccc2)COC(=O)C(=C)C)c1. The second-order valence-corrected chi connectivity index (χ2v) is 13.3. The van der Waals surface area contributed by atoms with Crippen LogP contribution >= 0.6 is 0 Å². The third-order valence-corrected chi connectivity index (χ3v) is 7.45. The zero-order chi connectivity index (χ0) is 39.6. The van der Waals surface area contributed by atoms with Gasteiger partial charge in [0.1, 0.15) is 19.0 Å². The second-order valence-electron chi connectivity index (χ2n) is 13.3. The van der Waals surface area contributed by atoms with Crippen molar-refractivity contribution in [2.75, 3.05) is 26.4 Å². The van der Waals surface area contributed by atoms with E-state index in [2.05, 4.69) is 23.8 Å². The Morgan fingerprint density at radius 1 is 0.704 bits per heavy atom. The summed E-state index contributed by atoms with van der Waals surface area (Å²) in [4.78, 5) is 49.8. The van der Waals surface area contributed by atoms with Crippen LogP contribution in [0, 0.1) is 0 Å². The van der Waals surface area contributed by atoms with E-state index in [1.807, 2.05) is 60.7 Å². The molecule has 0 heterocycles. The van der Waals surface area contributed by atoms with E-state index in [9.17, 15) is 19.2 Å². The Balaban J connectivity index is 1.59. The van der Waals surface area contributed by atoms with Gasteiger partial charge in [-0.05, 0) is 63.4 Å². The summed E-state index contributed by atoms with van der Waals surface area (Å²) in [6.07, 6.45) is -2.41. The summed E-state index contributed by atoms with van der Waals surface area (Å²) in [5, 5.41) is 5.51. The molecular weight excluding hydrogens is 696 g/mol. The van der Waals surface area contributed by atoms with Crippen LogP contribution in [-0.4, -0.2) is 68.5 Å². The van der Waals surface area contributed by atoms with E-state index >= 15 is 0 Å². The van der Waals surface area contributed by atoms with Crippen LogP contribution < -0.4 is 15.4 Å². The molecule has 0 spiro atoms. The number of carbonyl (C=O) groups is 4. The molecule has 2 N–H and O–H groups in total. The van der Waals surface area contributed by atoms with Gasteiger partial charge in [-0.1, -0.05) is 86.0 Å². The van der Waals surface area contributed by atoms with Crippen LogP contribution in [0.5, 0.6) is 5.75 Å². The fraction of sp³-hybridized carbons (Fsp3) is 0.366. The molecule has 0 bridgehead atoms. The Bertz CT molecular complexity index is 1690. The number of amides is 2. The van der Waals surface area contributed by atoms with E-state index in [0.717, 1.165) is 17.2 Å². The number of ether oxygens (including phenoxy) is 7. The fourth-order valence-electron chi connectivity index (χ4n) is 4.73. The first-order valence-corrected chi connectivity index (χ1v) is 17.3. The van der Waals surface area contributed by atoms with E-state index in [-0.39, 0.29) is 45.2 Å². The Morgan fingerprint density at radius 3 is 1.74 bits per heavy atom. The maximum absolute atomic E-state index is 13.1. The van der Waals surface area contributed by atoms with Crippen molar-refractivity contribution < 1.29 is 52.3 Å². The first-order valence-electron chi connectivity index (χ1n) is 17.3. The average molecular weight is 747 g/mol. The number of nitrogens with one attached hydrogen (secondary N) is 2. The lowest BCUT2D eigenvalue weighted by atomic mass is 9.94. The number of carbonyl (C=O) groups excluding carboxylic acids is 4. The number of esters is 2. The van der Waals surface area contributed by atoms with Gasteiger partial charge in [-0.15, -0.1) is 0 Å². The third kappa shape index (κ3) is 15.9. The molecule has 0 aliphatic carbocycles. The number of hydrogen-bond acceptors (Lipinski definition) is 11. The molecule has 2 atom stereocenters. The monoisotopic (exact) mass is 746 g/mol. The molecule has 0 saturated heterocycles. The van der Waals surface area contributed by atoms with Crippen molar-refractivity contribution in [3.8, 4) is 5.75 Å². The molecule has 0 aliphatic heterocycles. The molecule has 13 heteroatoms. The molecule has 290 valence electrons. The summed E-state index contributed by atoms with van der Waals surface area (Å²) in [6, 6.07) is 25.8. The van der Waals surface area contributed by atoms with Crippen molar-refractivity contribution in [1.29, 1.82) is 0 Å². The van der Waals surface area contributed by atoms with Gasteiger partial charge in [-0.2, -0.15) is 0 Å². The molecule has 3 aromatic rings. The van der Waals surface area contributed by atoms with Gasteiger partial charge in [-0.3, -0.25) is 5.32 Å². The van der Waals surface area contributed by atoms with Crippen LogP contribution in [0.4, 0.5) is 9.59 Å². The van der Waals surface area contributed by atoms with Crippen LogP contribution in [0.2, 0.25) is 0 Å². The normalized spacial score (nSPS) is 12.3. The standard InChI is InChI=1S/C41H50N2O11/c1-8-36(44)50-27-34(25-48-23-30-16-11-9-12-17-30)53-39(47)43-41(6,7)54-33-21-15-20-32(22-33)40(4,5)42-38(46)52-35(28-51-37(45)29(2)3)26-49-24-31-18-13-10-14-19-31/h8-22,34-35H,1-2,23-28H2,3-7H3,(H,42,46)(H,43,47). The zero-order valence-corrected chi connectivity index (χ0v) is 31.5. The molecule has 3 aromatic carbocycles. The first kappa shape index (κ1) is 42.8. The second kappa shape index (κ2) is 21.1. The molecule has 0 aromatic heterocycles. The molecule has 0 fully saturated rings. The van der Waals surface area contributed by atoms with Crippen molar-refractivity contribution >= 4 is 24.1 Å². The minimum absolute atomic E-state index is 0.0263. The Hall–Kier alpha value is -5.66. The van der Waals surface area contributed by atoms with Crippen molar-refractivity contribution in [3.05, 3.63) is 126 Å². The minimum Gasteiger partial charge on any atom is -0.469 e. The summed E-state index contributed by atoms with van der Waals surface area (Å²) in [5.41, 5.74) is 0.478. The molecule has 2 unspecified atom stereocenters. The highest BCUT2D eigenvalue weighted by atomic mass is 16.6. The lowest BCUT2D eigenvalue weighted by molar-refractivity contribution is -0.143. The highest BCUT2D eigenvalue weighted by Gasteiger charge is 2.29. The molecule has 2 amide bonds. The topological polar surface area (TPSA) is 157 Å². The molecule has 0 radical (unpaired) electrons. The fourth-order valence-corrected chi connectivity index (χ4v) is 4.73. The molecule has 0 saturated carbocycles. The first-order chi connectivity index (χ1) is 25.7. The number of benzene rings is 3. The lowest BCUT2D eigenvalue weighted by Crippen LogP contribution is -2.49. The van der Waals surface area contributed by atoms with Crippen LogP contribution in [0.1, 0.15) is 51.3 Å². The van der Waals surface area contributed by atoms with Crippen LogP contribution in [0.3, 0.4) is 0 Å². The van der Waals surface area contributed by atoms with E-state index in [4.69, 9.17) is 33.2 Å². The van der Waals surface area contributed by atoms with Gasteiger partial charge < -0.3 is 38.5 Å². The summed E-state index contributed by atoms with van der Waals surface area (Å²) in [7, 11) is 0. The highest BCUT2D eigenvalue weighted by molar-refractivity contribution is 5.87. The molecule has 54 heavy (non-hydrogen) atoms. The molecule has 3 rings (SSSR count). The van der Waals surface area contributed by atoms with E-state index in [0.29, 0.717) is 11.3 Å². The Labute approximate surface area is 316 Å². The summed E-state index contributed by atoms with van der Waals surface area (Å²) >= 11 is 0. The van der Waals surface area contributed by atoms with Gasteiger partial charge in [0.2, 0.25) is 0 Å². The van der Waals surface area contributed by atoms with E-state index in [1.54, 1.807) is 52.0 Å². The largest absolute Gasteiger partial charge is 0.469 e. The summed E-state index contributed by atoms with van der Waals surface area (Å²) in [5.74, 6) is -0.905. The van der Waals surface area contributed by atoms with Crippen molar-refractivity contribution in [2.45, 2.75) is 71.3 Å². The van der Waals surface area contributed by atoms with E-state index < -0.39 is 47.6 Å². The third-order valence-electron chi connectivity index (χ3n) is 7.45. The van der Waals surface area contributed by atoms with Gasteiger partial charge in [0.25, 0.3) is 0 Å². The highest BCUT2D eigenvalue weighted by Crippen LogP contribution is 2.26. The van der Waals surface area contributed by atoms with Gasteiger partial charge in [0.05, 0.1) is 32.0 Å². The summed E-state index contributed by atoms with van der Waals surface area (Å²) in [6.45, 7) is 15.3. The molecule has 13 nitrogen and oxygen atoms in total. The van der Waals surface area contributed by atoms with Gasteiger partial charge in [0.15, 0.2) is 17.9 Å². The Kier molecular flexibility index (Phi) is 16.7. The van der Waals surface area contributed by atoms with Gasteiger partial charge in [0, 0.05) is 11.6 Å². The van der Waals surface area contributed by atoms with Crippen LogP contribution in [0.15, 0.2) is 110 Å². The number of rotatable bonds is 21. The average Bonchev–Trinajstić information content (AvgIpc) is 3.12. The van der Waals surface area contributed by atoms with Gasteiger partial charge in [-0.25, -0.2) is 19.2 Å². The van der Waals surface area contributed by atoms with Crippen molar-refractivity contribution in [1.82, 2.24) is 10.6 Å². The van der Waals surface area contributed by atoms with Crippen molar-refractivity contribution in [3.63, 3.8) is 0 Å². The van der Waals surface area contributed by atoms with Crippen molar-refractivity contribution in [2.24, 2.45) is 0 Å². The maximum Gasteiger partial charge on any atom is 0.410 e. The van der Waals surface area contributed by atoms with E-state index in [1.165, 1.54) is 6.92 Å². The predicted octanol–water partition coefficient (Wildman–Crippen LogP) is 6.51. The quantitative estimate of drug-likeness (QED) is 0.0530. The Morgan fingerprint density at radius 2 is 1.22 bits per heavy atom. The van der Waals surface area contributed by atoms with Gasteiger partial charge >= 0.3 is 24.1 Å².